The maximum absolute atomic E-state index is 2.63. The van der Waals surface area contributed by atoms with Gasteiger partial charge in [-0.15, -0.1) is 0 Å². The molecule has 0 saturated carbocycles. The smallest absolute Gasteiger partial charge is 0.00187 e. The molecule has 0 fully saturated rings. The first-order chi connectivity index (χ1) is 9.28. The van der Waals surface area contributed by atoms with Crippen molar-refractivity contribution in [1.29, 1.82) is 0 Å². The molecule has 0 N–H and O–H groups in total. The van der Waals surface area contributed by atoms with Gasteiger partial charge in [-0.25, -0.2) is 0 Å². The van der Waals surface area contributed by atoms with Crippen LogP contribution in [-0.2, 0) is 0 Å². The van der Waals surface area contributed by atoms with Crippen LogP contribution in [0.2, 0.25) is 0 Å². The van der Waals surface area contributed by atoms with Crippen LogP contribution in [0.3, 0.4) is 0 Å². The Kier molecular flexibility index (Phi) is 14.3. The standard InChI is InChI=1S/C17H38N2/c1-5-12-18(13-6-2)16-10-9-11-17-19(14-7-3)15-8-4/h5-17H2,1-4H3. The molecular formula is C17H38N2. The van der Waals surface area contributed by atoms with Crippen molar-refractivity contribution < 1.29 is 0 Å². The summed E-state index contributed by atoms with van der Waals surface area (Å²) in [6, 6.07) is 0. The van der Waals surface area contributed by atoms with E-state index in [1.54, 1.807) is 0 Å². The highest BCUT2D eigenvalue weighted by atomic mass is 15.1. The summed E-state index contributed by atoms with van der Waals surface area (Å²) in [5.41, 5.74) is 0. The van der Waals surface area contributed by atoms with Crippen LogP contribution in [0.1, 0.15) is 72.6 Å². The van der Waals surface area contributed by atoms with Gasteiger partial charge in [0, 0.05) is 0 Å². The molecule has 0 saturated heterocycles. The molecule has 0 atom stereocenters. The van der Waals surface area contributed by atoms with Crippen molar-refractivity contribution in [3.05, 3.63) is 0 Å². The highest BCUT2D eigenvalue weighted by Crippen LogP contribution is 2.04. The number of nitrogens with zero attached hydrogens (tertiary/aromatic N) is 2. The van der Waals surface area contributed by atoms with Crippen LogP contribution in [0.5, 0.6) is 0 Å². The molecule has 0 radical (unpaired) electrons. The number of hydrogen-bond donors (Lipinski definition) is 0. The van der Waals surface area contributed by atoms with Crippen molar-refractivity contribution in [2.24, 2.45) is 0 Å². The Morgan fingerprint density at radius 1 is 0.421 bits per heavy atom. The van der Waals surface area contributed by atoms with Crippen molar-refractivity contribution in [1.82, 2.24) is 9.80 Å². The molecule has 0 unspecified atom stereocenters. The molecule has 0 aliphatic heterocycles. The number of rotatable bonds is 14. The first-order valence-corrected chi connectivity index (χ1v) is 8.73. The van der Waals surface area contributed by atoms with Gasteiger partial charge in [0.2, 0.25) is 0 Å². The lowest BCUT2D eigenvalue weighted by Gasteiger charge is -2.22. The quantitative estimate of drug-likeness (QED) is 0.432. The van der Waals surface area contributed by atoms with Crippen molar-refractivity contribution in [3.63, 3.8) is 0 Å². The van der Waals surface area contributed by atoms with Crippen LogP contribution in [0, 0.1) is 0 Å². The summed E-state index contributed by atoms with van der Waals surface area (Å²) >= 11 is 0. The topological polar surface area (TPSA) is 6.48 Å². The van der Waals surface area contributed by atoms with E-state index in [9.17, 15) is 0 Å². The van der Waals surface area contributed by atoms with E-state index < -0.39 is 0 Å². The lowest BCUT2D eigenvalue weighted by Crippen LogP contribution is -2.28. The van der Waals surface area contributed by atoms with E-state index >= 15 is 0 Å². The Balaban J connectivity index is 3.59. The second-order valence-corrected chi connectivity index (χ2v) is 5.74. The fraction of sp³-hybridized carbons (Fsp3) is 1.00. The largest absolute Gasteiger partial charge is 0.303 e. The highest BCUT2D eigenvalue weighted by molar-refractivity contribution is 4.59. The monoisotopic (exact) mass is 270 g/mol. The van der Waals surface area contributed by atoms with Gasteiger partial charge < -0.3 is 9.80 Å². The van der Waals surface area contributed by atoms with E-state index in [1.807, 2.05) is 0 Å². The van der Waals surface area contributed by atoms with Gasteiger partial charge in [-0.3, -0.25) is 0 Å². The summed E-state index contributed by atoms with van der Waals surface area (Å²) in [4.78, 5) is 5.27. The van der Waals surface area contributed by atoms with Gasteiger partial charge in [0.15, 0.2) is 0 Å². The second-order valence-electron chi connectivity index (χ2n) is 5.74. The van der Waals surface area contributed by atoms with E-state index in [2.05, 4.69) is 37.5 Å². The minimum atomic E-state index is 1.28. The predicted molar refractivity (Wildman–Crippen MR) is 87.9 cm³/mol. The van der Waals surface area contributed by atoms with Gasteiger partial charge in [0.25, 0.3) is 0 Å². The molecule has 0 aromatic rings. The van der Waals surface area contributed by atoms with Crippen molar-refractivity contribution >= 4 is 0 Å². The Morgan fingerprint density at radius 3 is 1.00 bits per heavy atom. The summed E-state index contributed by atoms with van der Waals surface area (Å²) < 4.78 is 0. The molecule has 116 valence electrons. The minimum Gasteiger partial charge on any atom is -0.303 e. The van der Waals surface area contributed by atoms with Gasteiger partial charge in [-0.05, 0) is 77.8 Å². The van der Waals surface area contributed by atoms with Crippen LogP contribution >= 0.6 is 0 Å². The number of unbranched alkanes of at least 4 members (excludes halogenated alkanes) is 2. The lowest BCUT2D eigenvalue weighted by atomic mass is 10.2. The Morgan fingerprint density at radius 2 is 0.737 bits per heavy atom. The molecule has 0 amide bonds. The van der Waals surface area contributed by atoms with Gasteiger partial charge in [0.05, 0.1) is 0 Å². The Bertz CT molecular complexity index is 141. The van der Waals surface area contributed by atoms with Gasteiger partial charge in [0.1, 0.15) is 0 Å². The summed E-state index contributed by atoms with van der Waals surface area (Å²) in [7, 11) is 0. The molecular weight excluding hydrogens is 232 g/mol. The lowest BCUT2D eigenvalue weighted by molar-refractivity contribution is 0.250. The molecule has 2 heteroatoms. The molecule has 0 aromatic heterocycles. The zero-order valence-corrected chi connectivity index (χ0v) is 14.1. The average Bonchev–Trinajstić information content (AvgIpc) is 2.39. The maximum atomic E-state index is 2.63. The van der Waals surface area contributed by atoms with E-state index in [0.29, 0.717) is 0 Å². The van der Waals surface area contributed by atoms with E-state index in [1.165, 1.54) is 84.2 Å². The summed E-state index contributed by atoms with van der Waals surface area (Å²) in [5, 5.41) is 0. The fourth-order valence-corrected chi connectivity index (χ4v) is 2.78. The molecule has 19 heavy (non-hydrogen) atoms. The van der Waals surface area contributed by atoms with Crippen molar-refractivity contribution in [3.8, 4) is 0 Å². The fourth-order valence-electron chi connectivity index (χ4n) is 2.78. The van der Waals surface area contributed by atoms with Crippen molar-refractivity contribution in [2.45, 2.75) is 72.6 Å². The van der Waals surface area contributed by atoms with Crippen LogP contribution in [-0.4, -0.2) is 49.1 Å². The van der Waals surface area contributed by atoms with Gasteiger partial charge in [-0.2, -0.15) is 0 Å². The van der Waals surface area contributed by atoms with Crippen LogP contribution in [0.25, 0.3) is 0 Å². The van der Waals surface area contributed by atoms with E-state index in [0.717, 1.165) is 0 Å². The highest BCUT2D eigenvalue weighted by Gasteiger charge is 2.04. The molecule has 0 rings (SSSR count). The second kappa shape index (κ2) is 14.3. The van der Waals surface area contributed by atoms with E-state index in [4.69, 9.17) is 0 Å². The zero-order valence-electron chi connectivity index (χ0n) is 14.1. The van der Waals surface area contributed by atoms with Crippen LogP contribution in [0.4, 0.5) is 0 Å². The summed E-state index contributed by atoms with van der Waals surface area (Å²) in [6.07, 6.45) is 9.33. The normalized spacial score (nSPS) is 11.7. The van der Waals surface area contributed by atoms with Gasteiger partial charge in [-0.1, -0.05) is 34.1 Å². The van der Waals surface area contributed by atoms with E-state index in [-0.39, 0.29) is 0 Å². The number of hydrogen-bond acceptors (Lipinski definition) is 2. The van der Waals surface area contributed by atoms with Crippen LogP contribution < -0.4 is 0 Å². The van der Waals surface area contributed by atoms with Crippen LogP contribution in [0.15, 0.2) is 0 Å². The molecule has 0 heterocycles. The molecule has 0 aromatic carbocycles. The third kappa shape index (κ3) is 11.4. The molecule has 0 aliphatic carbocycles. The Labute approximate surface area is 122 Å². The third-order valence-corrected chi connectivity index (χ3v) is 3.61. The maximum Gasteiger partial charge on any atom is -0.00187 e. The first-order valence-electron chi connectivity index (χ1n) is 8.73. The van der Waals surface area contributed by atoms with Gasteiger partial charge >= 0.3 is 0 Å². The first kappa shape index (κ1) is 18.9. The average molecular weight is 271 g/mol. The van der Waals surface area contributed by atoms with Crippen molar-refractivity contribution in [2.75, 3.05) is 39.3 Å². The molecule has 0 spiro atoms. The third-order valence-electron chi connectivity index (χ3n) is 3.61. The zero-order chi connectivity index (χ0) is 14.3. The Hall–Kier alpha value is -0.0800. The molecule has 0 bridgehead atoms. The molecule has 2 nitrogen and oxygen atoms in total. The predicted octanol–water partition coefficient (Wildman–Crippen LogP) is 4.40. The summed E-state index contributed by atoms with van der Waals surface area (Å²) in [5.74, 6) is 0. The SMILES string of the molecule is CCCN(CCC)CCCCCN(CCC)CCC. The summed E-state index contributed by atoms with van der Waals surface area (Å²) in [6.45, 7) is 16.9. The minimum absolute atomic E-state index is 1.28. The molecule has 0 aliphatic rings.